The molecule has 90 valence electrons. The first-order valence-electron chi connectivity index (χ1n) is 5.60. The molecular formula is C12H19NO3. The second-order valence-electron chi connectivity index (χ2n) is 3.33. The SMILES string of the molecule is CCCC#CCOC(=O)C(CCCC)=NO. The predicted octanol–water partition coefficient (Wildman–Crippen LogP) is 2.35. The molecule has 4 heteroatoms. The summed E-state index contributed by atoms with van der Waals surface area (Å²) in [6.07, 6.45) is 3.96. The molecule has 1 N–H and O–H groups in total. The molecule has 0 aromatic carbocycles. The summed E-state index contributed by atoms with van der Waals surface area (Å²) in [7, 11) is 0. The Morgan fingerprint density at radius 3 is 2.62 bits per heavy atom. The van der Waals surface area contributed by atoms with Crippen LogP contribution in [0.1, 0.15) is 46.0 Å². The highest BCUT2D eigenvalue weighted by Crippen LogP contribution is 1.99. The van der Waals surface area contributed by atoms with Crippen LogP contribution >= 0.6 is 0 Å². The lowest BCUT2D eigenvalue weighted by Gasteiger charge is -2.01. The van der Waals surface area contributed by atoms with E-state index in [1.165, 1.54) is 0 Å². The third-order valence-corrected chi connectivity index (χ3v) is 1.90. The van der Waals surface area contributed by atoms with Gasteiger partial charge in [-0.25, -0.2) is 4.79 Å². The van der Waals surface area contributed by atoms with Gasteiger partial charge in [0.05, 0.1) is 0 Å². The minimum absolute atomic E-state index is 0.0595. The molecule has 0 bridgehead atoms. The highest BCUT2D eigenvalue weighted by molar-refractivity contribution is 6.36. The number of unbranched alkanes of at least 4 members (excludes halogenated alkanes) is 2. The van der Waals surface area contributed by atoms with Gasteiger partial charge in [0, 0.05) is 12.8 Å². The van der Waals surface area contributed by atoms with Crippen LogP contribution in [0.5, 0.6) is 0 Å². The number of ether oxygens (including phenoxy) is 1. The predicted molar refractivity (Wildman–Crippen MR) is 62.4 cm³/mol. The first kappa shape index (κ1) is 14.5. The van der Waals surface area contributed by atoms with Crippen LogP contribution in [0.25, 0.3) is 0 Å². The summed E-state index contributed by atoms with van der Waals surface area (Å²) in [5.41, 5.74) is 0.0686. The number of hydrogen-bond acceptors (Lipinski definition) is 4. The molecule has 0 fully saturated rings. The molecule has 0 aromatic heterocycles. The second kappa shape index (κ2) is 10.0. The van der Waals surface area contributed by atoms with Crippen molar-refractivity contribution in [1.82, 2.24) is 0 Å². The smallest absolute Gasteiger partial charge is 0.357 e. The first-order chi connectivity index (χ1) is 7.76. The van der Waals surface area contributed by atoms with Crippen molar-refractivity contribution in [3.05, 3.63) is 0 Å². The summed E-state index contributed by atoms with van der Waals surface area (Å²) in [6.45, 7) is 4.09. The van der Waals surface area contributed by atoms with Crippen LogP contribution in [0, 0.1) is 11.8 Å². The van der Waals surface area contributed by atoms with E-state index in [1.54, 1.807) is 0 Å². The standard InChI is InChI=1S/C12H19NO3/c1-3-5-7-8-10-16-12(14)11(13-15)9-6-4-2/h15H,3-6,9-10H2,1-2H3. The van der Waals surface area contributed by atoms with Crippen LogP contribution < -0.4 is 0 Å². The summed E-state index contributed by atoms with van der Waals surface area (Å²) in [5.74, 6) is 5.00. The number of carbonyl (C=O) groups excluding carboxylic acids is 1. The van der Waals surface area contributed by atoms with E-state index in [-0.39, 0.29) is 12.3 Å². The van der Waals surface area contributed by atoms with E-state index >= 15 is 0 Å². The van der Waals surface area contributed by atoms with E-state index in [1.807, 2.05) is 13.8 Å². The lowest BCUT2D eigenvalue weighted by Crippen LogP contribution is -2.17. The van der Waals surface area contributed by atoms with Crippen molar-refractivity contribution in [2.75, 3.05) is 6.61 Å². The van der Waals surface area contributed by atoms with E-state index in [0.29, 0.717) is 6.42 Å². The molecule has 0 amide bonds. The van der Waals surface area contributed by atoms with Crippen LogP contribution in [0.2, 0.25) is 0 Å². The molecule has 0 aliphatic carbocycles. The second-order valence-corrected chi connectivity index (χ2v) is 3.33. The van der Waals surface area contributed by atoms with Gasteiger partial charge in [0.1, 0.15) is 0 Å². The van der Waals surface area contributed by atoms with E-state index in [4.69, 9.17) is 9.94 Å². The first-order valence-corrected chi connectivity index (χ1v) is 5.60. The van der Waals surface area contributed by atoms with Crippen molar-refractivity contribution >= 4 is 11.7 Å². The van der Waals surface area contributed by atoms with Gasteiger partial charge >= 0.3 is 5.97 Å². The topological polar surface area (TPSA) is 58.9 Å². The Balaban J connectivity index is 3.91. The number of rotatable bonds is 6. The van der Waals surface area contributed by atoms with Gasteiger partial charge < -0.3 is 9.94 Å². The van der Waals surface area contributed by atoms with Crippen LogP contribution in [0.3, 0.4) is 0 Å². The fourth-order valence-corrected chi connectivity index (χ4v) is 0.986. The van der Waals surface area contributed by atoms with Gasteiger partial charge in [0.15, 0.2) is 12.3 Å². The Bertz CT molecular complexity index is 286. The molecule has 0 spiro atoms. The van der Waals surface area contributed by atoms with Crippen molar-refractivity contribution in [3.8, 4) is 11.8 Å². The number of hydrogen-bond donors (Lipinski definition) is 1. The molecule has 0 rings (SSSR count). The Labute approximate surface area is 96.7 Å². The Kier molecular flexibility index (Phi) is 9.09. The zero-order valence-electron chi connectivity index (χ0n) is 9.95. The quantitative estimate of drug-likeness (QED) is 0.248. The Morgan fingerprint density at radius 2 is 2.06 bits per heavy atom. The van der Waals surface area contributed by atoms with Gasteiger partial charge in [-0.2, -0.15) is 0 Å². The molecule has 0 heterocycles. The molecule has 0 atom stereocenters. The molecule has 0 saturated carbocycles. The summed E-state index contributed by atoms with van der Waals surface area (Å²) in [4.78, 5) is 11.3. The molecule has 0 radical (unpaired) electrons. The number of oxime groups is 1. The van der Waals surface area contributed by atoms with E-state index in [0.717, 1.165) is 25.7 Å². The third-order valence-electron chi connectivity index (χ3n) is 1.90. The van der Waals surface area contributed by atoms with Crippen LogP contribution in [0.4, 0.5) is 0 Å². The van der Waals surface area contributed by atoms with Crippen molar-refractivity contribution in [2.24, 2.45) is 5.16 Å². The molecule has 0 saturated heterocycles. The maximum Gasteiger partial charge on any atom is 0.357 e. The van der Waals surface area contributed by atoms with E-state index < -0.39 is 5.97 Å². The average molecular weight is 225 g/mol. The minimum atomic E-state index is -0.582. The molecular weight excluding hydrogens is 206 g/mol. The monoisotopic (exact) mass is 225 g/mol. The van der Waals surface area contributed by atoms with Crippen LogP contribution in [-0.2, 0) is 9.53 Å². The minimum Gasteiger partial charge on any atom is -0.448 e. The third kappa shape index (κ3) is 6.88. The van der Waals surface area contributed by atoms with Crippen molar-refractivity contribution in [3.63, 3.8) is 0 Å². The molecule has 0 aromatic rings. The van der Waals surface area contributed by atoms with Crippen LogP contribution in [0.15, 0.2) is 5.16 Å². The molecule has 0 aliphatic heterocycles. The van der Waals surface area contributed by atoms with Crippen LogP contribution in [-0.4, -0.2) is 23.5 Å². The maximum absolute atomic E-state index is 11.3. The van der Waals surface area contributed by atoms with Gasteiger partial charge in [-0.05, 0) is 12.8 Å². The van der Waals surface area contributed by atoms with Gasteiger partial charge in [0.2, 0.25) is 0 Å². The fraction of sp³-hybridized carbons (Fsp3) is 0.667. The largest absolute Gasteiger partial charge is 0.448 e. The van der Waals surface area contributed by atoms with Crippen molar-refractivity contribution in [1.29, 1.82) is 0 Å². The summed E-state index contributed by atoms with van der Waals surface area (Å²) in [5, 5.41) is 11.5. The normalized spacial score (nSPS) is 10.5. The lowest BCUT2D eigenvalue weighted by atomic mass is 10.2. The highest BCUT2D eigenvalue weighted by Gasteiger charge is 2.12. The van der Waals surface area contributed by atoms with E-state index in [9.17, 15) is 4.79 Å². The maximum atomic E-state index is 11.3. The van der Waals surface area contributed by atoms with Gasteiger partial charge in [-0.15, -0.1) is 0 Å². The molecule has 16 heavy (non-hydrogen) atoms. The van der Waals surface area contributed by atoms with Gasteiger partial charge in [0.25, 0.3) is 0 Å². The summed E-state index contributed by atoms with van der Waals surface area (Å²) >= 11 is 0. The zero-order valence-corrected chi connectivity index (χ0v) is 9.95. The highest BCUT2D eigenvalue weighted by atomic mass is 16.5. The zero-order chi connectivity index (χ0) is 12.2. The lowest BCUT2D eigenvalue weighted by molar-refractivity contribution is -0.134. The van der Waals surface area contributed by atoms with E-state index in [2.05, 4.69) is 17.0 Å². The van der Waals surface area contributed by atoms with Gasteiger partial charge in [-0.1, -0.05) is 37.3 Å². The molecule has 0 unspecified atom stereocenters. The summed E-state index contributed by atoms with van der Waals surface area (Å²) < 4.78 is 4.84. The summed E-state index contributed by atoms with van der Waals surface area (Å²) in [6, 6.07) is 0. The van der Waals surface area contributed by atoms with Crippen molar-refractivity contribution < 1.29 is 14.7 Å². The van der Waals surface area contributed by atoms with Crippen molar-refractivity contribution in [2.45, 2.75) is 46.0 Å². The number of esters is 1. The molecule has 0 aliphatic rings. The average Bonchev–Trinajstić information content (AvgIpc) is 2.30. The Morgan fingerprint density at radius 1 is 1.31 bits per heavy atom. The molecule has 4 nitrogen and oxygen atoms in total. The van der Waals surface area contributed by atoms with Gasteiger partial charge in [-0.3, -0.25) is 0 Å². The fourth-order valence-electron chi connectivity index (χ4n) is 0.986. The Hall–Kier alpha value is -1.50. The number of nitrogens with zero attached hydrogens (tertiary/aromatic N) is 1. The number of carbonyl (C=O) groups is 1.